The molecule has 0 aromatic heterocycles. The number of hydrogen-bond acceptors (Lipinski definition) is 7. The van der Waals surface area contributed by atoms with E-state index in [0.29, 0.717) is 13.2 Å². The van der Waals surface area contributed by atoms with Gasteiger partial charge in [0.1, 0.15) is 18.5 Å². The molecule has 210 valence electrons. The molecular weight excluding hydrogens is 531 g/mol. The third-order valence-corrected chi connectivity index (χ3v) is 6.87. The Bertz CT molecular complexity index is 1510. The molecule has 41 heavy (non-hydrogen) atoms. The van der Waals surface area contributed by atoms with Crippen molar-refractivity contribution >= 4 is 35.2 Å². The van der Waals surface area contributed by atoms with E-state index < -0.39 is 35.5 Å². The first kappa shape index (κ1) is 27.7. The number of piperidine rings is 1. The van der Waals surface area contributed by atoms with Gasteiger partial charge in [-0.2, -0.15) is 0 Å². The van der Waals surface area contributed by atoms with E-state index in [-0.39, 0.29) is 48.7 Å². The lowest BCUT2D eigenvalue weighted by Gasteiger charge is -2.27. The Morgan fingerprint density at radius 2 is 1.56 bits per heavy atom. The molecule has 1 unspecified atom stereocenters. The molecule has 5 amide bonds. The van der Waals surface area contributed by atoms with Crippen molar-refractivity contribution < 1.29 is 33.1 Å². The Morgan fingerprint density at radius 3 is 2.24 bits per heavy atom. The van der Waals surface area contributed by atoms with Gasteiger partial charge >= 0.3 is 0 Å². The number of ether oxygens (including phenoxy) is 1. The maximum atomic E-state index is 14.9. The molecule has 11 heteroatoms. The number of halogens is 1. The summed E-state index contributed by atoms with van der Waals surface area (Å²) < 4.78 is 20.3. The first-order chi connectivity index (χ1) is 19.8. The van der Waals surface area contributed by atoms with Crippen LogP contribution in [0.5, 0.6) is 0 Å². The molecule has 0 saturated carbocycles. The van der Waals surface area contributed by atoms with Crippen molar-refractivity contribution in [3.05, 3.63) is 100 Å². The van der Waals surface area contributed by atoms with Crippen LogP contribution >= 0.6 is 0 Å². The molecule has 0 spiro atoms. The fourth-order valence-corrected chi connectivity index (χ4v) is 4.69. The standard InChI is InChI=1S/C30H27FN4O6/c31-23-12-21-22(30(40)35(29(21)39)25-10-11-26(36)34-28(25)38)13-24(23)32-14-18-6-8-19(9-7-18)15-33-27(37)17-41-16-20-4-2-1-3-5-20/h1-9,12-13,25,32H,10-11,14-17H2,(H,33,37)(H,34,36,38). The summed E-state index contributed by atoms with van der Waals surface area (Å²) in [4.78, 5) is 62.4. The Morgan fingerprint density at radius 1 is 0.902 bits per heavy atom. The van der Waals surface area contributed by atoms with Gasteiger partial charge in [0.15, 0.2) is 0 Å². The first-order valence-corrected chi connectivity index (χ1v) is 13.1. The third kappa shape index (κ3) is 6.30. The van der Waals surface area contributed by atoms with E-state index in [1.54, 1.807) is 0 Å². The highest BCUT2D eigenvalue weighted by Crippen LogP contribution is 2.31. The predicted molar refractivity (Wildman–Crippen MR) is 145 cm³/mol. The largest absolute Gasteiger partial charge is 0.379 e. The minimum absolute atomic E-state index is 0.000685. The van der Waals surface area contributed by atoms with Crippen molar-refractivity contribution in [2.24, 2.45) is 0 Å². The van der Waals surface area contributed by atoms with E-state index in [9.17, 15) is 28.4 Å². The van der Waals surface area contributed by atoms with Gasteiger partial charge in [-0.3, -0.25) is 34.2 Å². The number of nitrogens with zero attached hydrogens (tertiary/aromatic N) is 1. The Hall–Kier alpha value is -4.90. The zero-order chi connectivity index (χ0) is 28.9. The van der Waals surface area contributed by atoms with E-state index in [1.807, 2.05) is 54.6 Å². The number of nitrogens with one attached hydrogen (secondary N) is 3. The van der Waals surface area contributed by atoms with Crippen LogP contribution in [-0.2, 0) is 38.8 Å². The summed E-state index contributed by atoms with van der Waals surface area (Å²) in [6.07, 6.45) is 0.0186. The van der Waals surface area contributed by atoms with Crippen molar-refractivity contribution in [1.29, 1.82) is 0 Å². The fourth-order valence-electron chi connectivity index (χ4n) is 4.69. The van der Waals surface area contributed by atoms with Gasteiger partial charge < -0.3 is 15.4 Å². The summed E-state index contributed by atoms with van der Waals surface area (Å²) >= 11 is 0. The first-order valence-electron chi connectivity index (χ1n) is 13.1. The van der Waals surface area contributed by atoms with Gasteiger partial charge in [0, 0.05) is 19.5 Å². The summed E-state index contributed by atoms with van der Waals surface area (Å²) in [6.45, 7) is 0.848. The van der Waals surface area contributed by atoms with Crippen molar-refractivity contribution in [3.8, 4) is 0 Å². The molecule has 1 atom stereocenters. The Balaban J connectivity index is 1.13. The van der Waals surface area contributed by atoms with Crippen LogP contribution in [0, 0.1) is 5.82 Å². The predicted octanol–water partition coefficient (Wildman–Crippen LogP) is 2.67. The zero-order valence-electron chi connectivity index (χ0n) is 21.9. The van der Waals surface area contributed by atoms with Crippen LogP contribution in [0.1, 0.15) is 50.2 Å². The molecule has 2 aliphatic heterocycles. The molecular formula is C30H27FN4O6. The van der Waals surface area contributed by atoms with Crippen LogP contribution in [0.15, 0.2) is 66.7 Å². The van der Waals surface area contributed by atoms with Crippen LogP contribution in [0.4, 0.5) is 10.1 Å². The number of benzene rings is 3. The average molecular weight is 559 g/mol. The van der Waals surface area contributed by atoms with E-state index in [0.717, 1.165) is 27.7 Å². The van der Waals surface area contributed by atoms with E-state index in [2.05, 4.69) is 16.0 Å². The molecule has 5 rings (SSSR count). The van der Waals surface area contributed by atoms with Gasteiger partial charge in [-0.05, 0) is 35.2 Å². The van der Waals surface area contributed by atoms with E-state index >= 15 is 0 Å². The molecule has 1 fully saturated rings. The van der Waals surface area contributed by atoms with Crippen molar-refractivity contribution in [3.63, 3.8) is 0 Å². The van der Waals surface area contributed by atoms with Crippen LogP contribution in [0.2, 0.25) is 0 Å². The van der Waals surface area contributed by atoms with E-state index in [1.165, 1.54) is 6.07 Å². The van der Waals surface area contributed by atoms with Crippen molar-refractivity contribution in [2.45, 2.75) is 38.6 Å². The fraction of sp³-hybridized carbons (Fsp3) is 0.233. The zero-order valence-corrected chi connectivity index (χ0v) is 21.9. The summed E-state index contributed by atoms with van der Waals surface area (Å²) in [5, 5.41) is 7.87. The molecule has 3 N–H and O–H groups in total. The van der Waals surface area contributed by atoms with Gasteiger partial charge in [-0.25, -0.2) is 4.39 Å². The molecule has 0 aliphatic carbocycles. The van der Waals surface area contributed by atoms with E-state index in [4.69, 9.17) is 4.74 Å². The minimum atomic E-state index is -1.12. The van der Waals surface area contributed by atoms with Crippen LogP contribution in [0.3, 0.4) is 0 Å². The molecule has 2 heterocycles. The van der Waals surface area contributed by atoms with Crippen LogP contribution in [-0.4, -0.2) is 47.1 Å². The van der Waals surface area contributed by atoms with Gasteiger partial charge in [0.05, 0.1) is 23.4 Å². The molecule has 1 saturated heterocycles. The average Bonchev–Trinajstić information content (AvgIpc) is 3.20. The van der Waals surface area contributed by atoms with Crippen LogP contribution < -0.4 is 16.0 Å². The number of rotatable bonds is 10. The molecule has 2 aliphatic rings. The third-order valence-electron chi connectivity index (χ3n) is 6.87. The maximum absolute atomic E-state index is 14.9. The van der Waals surface area contributed by atoms with Gasteiger partial charge in [0.25, 0.3) is 11.8 Å². The lowest BCUT2D eigenvalue weighted by atomic mass is 10.0. The highest BCUT2D eigenvalue weighted by Gasteiger charge is 2.45. The normalized spacial score (nSPS) is 16.4. The van der Waals surface area contributed by atoms with Crippen LogP contribution in [0.25, 0.3) is 0 Å². The number of anilines is 1. The van der Waals surface area contributed by atoms with Crippen molar-refractivity contribution in [1.82, 2.24) is 15.5 Å². The number of carbonyl (C=O) groups excluding carboxylic acids is 5. The quantitative estimate of drug-likeness (QED) is 0.326. The molecule has 10 nitrogen and oxygen atoms in total. The second kappa shape index (κ2) is 12.1. The summed E-state index contributed by atoms with van der Waals surface area (Å²) in [6, 6.07) is 18.0. The smallest absolute Gasteiger partial charge is 0.262 e. The summed E-state index contributed by atoms with van der Waals surface area (Å²) in [5.74, 6) is -3.63. The lowest BCUT2D eigenvalue weighted by Crippen LogP contribution is -2.54. The lowest BCUT2D eigenvalue weighted by molar-refractivity contribution is -0.136. The summed E-state index contributed by atoms with van der Waals surface area (Å²) in [7, 11) is 0. The highest BCUT2D eigenvalue weighted by atomic mass is 19.1. The Kier molecular flexibility index (Phi) is 8.16. The van der Waals surface area contributed by atoms with Gasteiger partial charge in [-0.15, -0.1) is 0 Å². The summed E-state index contributed by atoms with van der Waals surface area (Å²) in [5.41, 5.74) is 2.56. The molecule has 3 aromatic rings. The molecule has 3 aromatic carbocycles. The monoisotopic (exact) mass is 558 g/mol. The number of amides is 5. The minimum Gasteiger partial charge on any atom is -0.379 e. The Labute approximate surface area is 234 Å². The maximum Gasteiger partial charge on any atom is 0.262 e. The molecule has 0 radical (unpaired) electrons. The topological polar surface area (TPSA) is 134 Å². The second-order valence-electron chi connectivity index (χ2n) is 9.75. The van der Waals surface area contributed by atoms with Gasteiger partial charge in [-0.1, -0.05) is 54.6 Å². The SMILES string of the molecule is O=C(COCc1ccccc1)NCc1ccc(CNc2cc3c(cc2F)C(=O)N(C2CCC(=O)NC2=O)C3=O)cc1. The van der Waals surface area contributed by atoms with Crippen molar-refractivity contribution in [2.75, 3.05) is 11.9 Å². The number of imide groups is 2. The number of carbonyl (C=O) groups is 5. The molecule has 0 bridgehead atoms. The number of hydrogen-bond donors (Lipinski definition) is 3. The number of fused-ring (bicyclic) bond motifs is 1. The van der Waals surface area contributed by atoms with Gasteiger partial charge in [0.2, 0.25) is 17.7 Å². The highest BCUT2D eigenvalue weighted by molar-refractivity contribution is 6.23. The second-order valence-corrected chi connectivity index (χ2v) is 9.75.